The van der Waals surface area contributed by atoms with E-state index >= 15 is 0 Å². The molecule has 0 bridgehead atoms. The molecule has 0 aliphatic rings. The Labute approximate surface area is 150 Å². The topological polar surface area (TPSA) is 27.1 Å². The van der Waals surface area contributed by atoms with Crippen LogP contribution in [0.1, 0.15) is 29.5 Å². The first-order valence-corrected chi connectivity index (χ1v) is 8.25. The Morgan fingerprint density at radius 2 is 1.71 bits per heavy atom. The summed E-state index contributed by atoms with van der Waals surface area (Å²) >= 11 is 0. The fourth-order valence-electron chi connectivity index (χ4n) is 2.78. The van der Waals surface area contributed by atoms with E-state index in [1.165, 1.54) is 22.2 Å². The fraction of sp³-hybridized carbons (Fsp3) is 0.350. The van der Waals surface area contributed by atoms with E-state index < -0.39 is 0 Å². The van der Waals surface area contributed by atoms with Crippen molar-refractivity contribution in [1.29, 1.82) is 0 Å². The normalized spacial score (nSPS) is 10.6. The maximum Gasteiger partial charge on any atom is 0.122 e. The summed E-state index contributed by atoms with van der Waals surface area (Å²) in [7, 11) is 0. The second-order valence-corrected chi connectivity index (χ2v) is 6.18. The van der Waals surface area contributed by atoms with Crippen LogP contribution in [0.2, 0.25) is 0 Å². The monoisotopic (exact) mass is 344 g/mol. The zero-order valence-corrected chi connectivity index (χ0v) is 15.4. The summed E-state index contributed by atoms with van der Waals surface area (Å²) in [6.07, 6.45) is 4.08. The number of halogens is 1. The number of ether oxygens (including phenoxy) is 1. The van der Waals surface area contributed by atoms with E-state index in [0.29, 0.717) is 0 Å². The van der Waals surface area contributed by atoms with Crippen LogP contribution in [0.5, 0.6) is 5.75 Å². The molecule has 0 aliphatic carbocycles. The molecule has 0 atom stereocenters. The smallest absolute Gasteiger partial charge is 0.122 e. The van der Waals surface area contributed by atoms with E-state index in [1.54, 1.807) is 0 Å². The molecule has 128 valence electrons. The summed E-state index contributed by atoms with van der Waals surface area (Å²) in [5.41, 5.74) is 6.13. The second-order valence-electron chi connectivity index (χ2n) is 6.18. The zero-order valence-electron chi connectivity index (χ0n) is 14.6. The molecule has 0 fully saturated rings. The van der Waals surface area contributed by atoms with Gasteiger partial charge in [-0.15, -0.1) is 12.4 Å². The molecule has 4 heteroatoms. The van der Waals surface area contributed by atoms with E-state index in [0.717, 1.165) is 37.3 Å². The second kappa shape index (κ2) is 8.20. The third-order valence-electron chi connectivity index (χ3n) is 4.38. The van der Waals surface area contributed by atoms with Crippen LogP contribution in [0.15, 0.2) is 42.7 Å². The van der Waals surface area contributed by atoms with Gasteiger partial charge in [0.05, 0.1) is 24.0 Å². The lowest BCUT2D eigenvalue weighted by Crippen LogP contribution is -2.02. The van der Waals surface area contributed by atoms with E-state index in [9.17, 15) is 0 Å². The number of hydrogen-bond donors (Lipinski definition) is 0. The van der Waals surface area contributed by atoms with Crippen molar-refractivity contribution in [3.05, 3.63) is 59.4 Å². The van der Waals surface area contributed by atoms with Crippen LogP contribution in [-0.2, 0) is 6.54 Å². The van der Waals surface area contributed by atoms with Gasteiger partial charge >= 0.3 is 0 Å². The average molecular weight is 345 g/mol. The number of fused-ring (bicyclic) bond motifs is 1. The molecular weight excluding hydrogens is 320 g/mol. The molecule has 3 aromatic rings. The van der Waals surface area contributed by atoms with E-state index in [-0.39, 0.29) is 12.4 Å². The minimum Gasteiger partial charge on any atom is -0.493 e. The van der Waals surface area contributed by atoms with Gasteiger partial charge in [0.15, 0.2) is 0 Å². The number of aryl methyl sites for hydroxylation is 4. The number of benzene rings is 2. The lowest BCUT2D eigenvalue weighted by molar-refractivity contribution is 0.301. The molecule has 3 rings (SSSR count). The summed E-state index contributed by atoms with van der Waals surface area (Å²) in [5, 5.41) is 0. The summed E-state index contributed by atoms with van der Waals surface area (Å²) in [4.78, 5) is 4.51. The number of hydrogen-bond acceptors (Lipinski definition) is 2. The van der Waals surface area contributed by atoms with Crippen LogP contribution in [-0.4, -0.2) is 16.2 Å². The van der Waals surface area contributed by atoms with Crippen LogP contribution in [0.3, 0.4) is 0 Å². The molecule has 3 nitrogen and oxygen atoms in total. The van der Waals surface area contributed by atoms with E-state index in [2.05, 4.69) is 48.5 Å². The number of unbranched alkanes of at least 4 members (excludes halogenated alkanes) is 1. The molecule has 0 unspecified atom stereocenters. The molecule has 0 amide bonds. The van der Waals surface area contributed by atoms with Gasteiger partial charge in [0.25, 0.3) is 0 Å². The number of aromatic nitrogens is 2. The van der Waals surface area contributed by atoms with Crippen LogP contribution >= 0.6 is 12.4 Å². The van der Waals surface area contributed by atoms with Gasteiger partial charge in [0.1, 0.15) is 5.75 Å². The van der Waals surface area contributed by atoms with Crippen molar-refractivity contribution in [3.63, 3.8) is 0 Å². The first-order chi connectivity index (χ1) is 11.1. The first-order valence-electron chi connectivity index (χ1n) is 8.25. The fourth-order valence-corrected chi connectivity index (χ4v) is 2.78. The third kappa shape index (κ3) is 4.09. The first kappa shape index (κ1) is 18.3. The van der Waals surface area contributed by atoms with Crippen LogP contribution in [0.25, 0.3) is 11.0 Å². The predicted octanol–water partition coefficient (Wildman–Crippen LogP) is 5.24. The average Bonchev–Trinajstić information content (AvgIpc) is 2.91. The number of nitrogens with zero attached hydrogens (tertiary/aromatic N) is 2. The highest BCUT2D eigenvalue weighted by Gasteiger charge is 2.05. The van der Waals surface area contributed by atoms with Crippen molar-refractivity contribution in [1.82, 2.24) is 9.55 Å². The highest BCUT2D eigenvalue weighted by atomic mass is 35.5. The largest absolute Gasteiger partial charge is 0.493 e. The summed E-state index contributed by atoms with van der Waals surface area (Å²) in [6.45, 7) is 8.11. The molecule has 0 aliphatic heterocycles. The van der Waals surface area contributed by atoms with Gasteiger partial charge in [-0.3, -0.25) is 0 Å². The highest BCUT2D eigenvalue weighted by molar-refractivity contribution is 5.85. The van der Waals surface area contributed by atoms with Crippen molar-refractivity contribution in [3.8, 4) is 5.75 Å². The molecule has 0 saturated carbocycles. The molecule has 1 aromatic heterocycles. The third-order valence-corrected chi connectivity index (χ3v) is 4.38. The van der Waals surface area contributed by atoms with Gasteiger partial charge in [-0.05, 0) is 68.5 Å². The molecule has 1 heterocycles. The lowest BCUT2D eigenvalue weighted by Gasteiger charge is -2.09. The van der Waals surface area contributed by atoms with Crippen LogP contribution in [0.4, 0.5) is 0 Å². The van der Waals surface area contributed by atoms with Crippen molar-refractivity contribution in [2.75, 3.05) is 6.61 Å². The van der Waals surface area contributed by atoms with Crippen LogP contribution in [0, 0.1) is 20.8 Å². The highest BCUT2D eigenvalue weighted by Crippen LogP contribution is 2.19. The minimum absolute atomic E-state index is 0. The number of rotatable bonds is 6. The molecular formula is C20H25ClN2O. The SMILES string of the molecule is Cc1cc2ncn(CCCCOc3ccccc3C)c2cc1C.Cl. The predicted molar refractivity (Wildman–Crippen MR) is 102 cm³/mol. The minimum atomic E-state index is 0. The number of para-hydroxylation sites is 1. The summed E-state index contributed by atoms with van der Waals surface area (Å²) < 4.78 is 8.10. The van der Waals surface area contributed by atoms with Crippen molar-refractivity contribution in [2.24, 2.45) is 0 Å². The van der Waals surface area contributed by atoms with Gasteiger partial charge in [0, 0.05) is 6.54 Å². The molecule has 0 spiro atoms. The molecule has 0 saturated heterocycles. The Morgan fingerprint density at radius 1 is 0.958 bits per heavy atom. The number of imidazole rings is 1. The Bertz CT molecular complexity index is 811. The zero-order chi connectivity index (χ0) is 16.2. The maximum absolute atomic E-state index is 5.85. The molecule has 0 radical (unpaired) electrons. The van der Waals surface area contributed by atoms with Gasteiger partial charge in [-0.25, -0.2) is 4.98 Å². The molecule has 0 N–H and O–H groups in total. The molecule has 2 aromatic carbocycles. The Kier molecular flexibility index (Phi) is 6.27. The van der Waals surface area contributed by atoms with Gasteiger partial charge in [-0.1, -0.05) is 18.2 Å². The molecule has 24 heavy (non-hydrogen) atoms. The van der Waals surface area contributed by atoms with E-state index in [1.807, 2.05) is 24.5 Å². The van der Waals surface area contributed by atoms with Gasteiger partial charge in [-0.2, -0.15) is 0 Å². The van der Waals surface area contributed by atoms with Crippen molar-refractivity contribution in [2.45, 2.75) is 40.2 Å². The van der Waals surface area contributed by atoms with Crippen LogP contribution < -0.4 is 4.74 Å². The summed E-state index contributed by atoms with van der Waals surface area (Å²) in [6, 6.07) is 12.6. The lowest BCUT2D eigenvalue weighted by atomic mass is 10.1. The Balaban J connectivity index is 0.00000208. The van der Waals surface area contributed by atoms with Gasteiger partial charge in [0.2, 0.25) is 0 Å². The standard InChI is InChI=1S/C20H24N2O.ClH/c1-15-8-4-5-9-20(15)23-11-7-6-10-22-14-21-18-12-16(2)17(3)13-19(18)22;/h4-5,8-9,12-14H,6-7,10-11H2,1-3H3;1H. The Hall–Kier alpha value is -2.00. The van der Waals surface area contributed by atoms with Crippen molar-refractivity contribution >= 4 is 23.4 Å². The maximum atomic E-state index is 5.85. The quantitative estimate of drug-likeness (QED) is 0.571. The van der Waals surface area contributed by atoms with Gasteiger partial charge < -0.3 is 9.30 Å². The Morgan fingerprint density at radius 3 is 2.50 bits per heavy atom. The van der Waals surface area contributed by atoms with Crippen molar-refractivity contribution < 1.29 is 4.74 Å². The van der Waals surface area contributed by atoms with E-state index in [4.69, 9.17) is 4.74 Å². The summed E-state index contributed by atoms with van der Waals surface area (Å²) in [5.74, 6) is 0.992.